The number of halogens is 4. The molecule has 0 fully saturated rings. The fourth-order valence-corrected chi connectivity index (χ4v) is 1.30. The quantitative estimate of drug-likeness (QED) is 0.713. The Morgan fingerprint density at radius 3 is 2.60 bits per heavy atom. The monoisotopic (exact) mass is 238 g/mol. The van der Waals surface area contributed by atoms with E-state index in [0.717, 1.165) is 12.0 Å². The summed E-state index contributed by atoms with van der Waals surface area (Å²) in [5.41, 5.74) is 0.717. The first-order valence-corrected chi connectivity index (χ1v) is 4.96. The van der Waals surface area contributed by atoms with Crippen LogP contribution in [0, 0.1) is 5.82 Å². The van der Waals surface area contributed by atoms with Crippen LogP contribution in [0.15, 0.2) is 18.2 Å². The van der Waals surface area contributed by atoms with Crippen molar-refractivity contribution in [3.8, 4) is 5.75 Å². The Labute approximate surface area is 90.8 Å². The van der Waals surface area contributed by atoms with Crippen LogP contribution in [0.1, 0.15) is 12.0 Å². The van der Waals surface area contributed by atoms with Gasteiger partial charge in [0.25, 0.3) is 0 Å². The van der Waals surface area contributed by atoms with Crippen molar-refractivity contribution in [1.82, 2.24) is 0 Å². The van der Waals surface area contributed by atoms with E-state index in [0.29, 0.717) is 12.3 Å². The van der Waals surface area contributed by atoms with Crippen molar-refractivity contribution in [2.24, 2.45) is 0 Å². The van der Waals surface area contributed by atoms with E-state index in [1.807, 2.05) is 0 Å². The molecule has 0 aliphatic carbocycles. The SMILES string of the molecule is Fc1cc(CCCCl)ccc1OC(F)F. The first-order chi connectivity index (χ1) is 7.13. The Morgan fingerprint density at radius 2 is 2.07 bits per heavy atom. The van der Waals surface area contributed by atoms with Gasteiger partial charge in [0, 0.05) is 5.88 Å². The van der Waals surface area contributed by atoms with Crippen molar-refractivity contribution in [1.29, 1.82) is 0 Å². The molecule has 0 saturated carbocycles. The van der Waals surface area contributed by atoms with Crippen LogP contribution in [0.2, 0.25) is 0 Å². The first kappa shape index (κ1) is 12.2. The molecular formula is C10H10ClF3O. The van der Waals surface area contributed by atoms with E-state index in [4.69, 9.17) is 11.6 Å². The summed E-state index contributed by atoms with van der Waals surface area (Å²) in [6.45, 7) is -3.01. The van der Waals surface area contributed by atoms with E-state index in [2.05, 4.69) is 4.74 Å². The molecule has 0 unspecified atom stereocenters. The Hall–Kier alpha value is -0.900. The van der Waals surface area contributed by atoms with Gasteiger partial charge in [-0.05, 0) is 30.5 Å². The minimum Gasteiger partial charge on any atom is -0.432 e. The molecule has 1 rings (SSSR count). The van der Waals surface area contributed by atoms with Crippen LogP contribution >= 0.6 is 11.6 Å². The summed E-state index contributed by atoms with van der Waals surface area (Å²) in [5, 5.41) is 0. The van der Waals surface area contributed by atoms with Crippen LogP contribution in [0.25, 0.3) is 0 Å². The van der Waals surface area contributed by atoms with Gasteiger partial charge in [0.1, 0.15) is 0 Å². The standard InChI is InChI=1S/C10H10ClF3O/c11-5-1-2-7-3-4-9(8(12)6-7)15-10(13)14/h3-4,6,10H,1-2,5H2. The van der Waals surface area contributed by atoms with Gasteiger partial charge in [-0.3, -0.25) is 0 Å². The summed E-state index contributed by atoms with van der Waals surface area (Å²) in [7, 11) is 0. The smallest absolute Gasteiger partial charge is 0.387 e. The van der Waals surface area contributed by atoms with Gasteiger partial charge < -0.3 is 4.74 Å². The van der Waals surface area contributed by atoms with E-state index < -0.39 is 18.2 Å². The summed E-state index contributed by atoms with van der Waals surface area (Å²) in [5.74, 6) is -0.723. The Balaban J connectivity index is 2.70. The molecule has 1 aromatic carbocycles. The van der Waals surface area contributed by atoms with Crippen molar-refractivity contribution < 1.29 is 17.9 Å². The lowest BCUT2D eigenvalue weighted by atomic mass is 10.1. The van der Waals surface area contributed by atoms with Crippen molar-refractivity contribution in [2.45, 2.75) is 19.5 Å². The normalized spacial score (nSPS) is 10.7. The van der Waals surface area contributed by atoms with E-state index in [1.54, 1.807) is 6.07 Å². The maximum Gasteiger partial charge on any atom is 0.387 e. The summed E-state index contributed by atoms with van der Waals surface area (Å²) >= 11 is 5.47. The van der Waals surface area contributed by atoms with E-state index in [-0.39, 0.29) is 0 Å². The van der Waals surface area contributed by atoms with Gasteiger partial charge in [0.05, 0.1) is 0 Å². The zero-order chi connectivity index (χ0) is 11.3. The van der Waals surface area contributed by atoms with Crippen LogP contribution in [0.3, 0.4) is 0 Å². The molecule has 0 atom stereocenters. The average molecular weight is 239 g/mol. The number of rotatable bonds is 5. The maximum absolute atomic E-state index is 13.1. The van der Waals surface area contributed by atoms with Crippen molar-refractivity contribution in [2.75, 3.05) is 5.88 Å². The Morgan fingerprint density at radius 1 is 1.33 bits per heavy atom. The molecule has 0 aliphatic rings. The fourth-order valence-electron chi connectivity index (χ4n) is 1.16. The highest BCUT2D eigenvalue weighted by molar-refractivity contribution is 6.17. The molecule has 84 valence electrons. The molecule has 0 saturated heterocycles. The second-order valence-electron chi connectivity index (χ2n) is 2.94. The van der Waals surface area contributed by atoms with Crippen LogP contribution in [-0.4, -0.2) is 12.5 Å². The lowest BCUT2D eigenvalue weighted by Gasteiger charge is -2.06. The van der Waals surface area contributed by atoms with Gasteiger partial charge >= 0.3 is 6.61 Å². The molecule has 5 heteroatoms. The zero-order valence-electron chi connectivity index (χ0n) is 7.85. The van der Waals surface area contributed by atoms with Crippen LogP contribution < -0.4 is 4.74 Å². The number of aryl methyl sites for hydroxylation is 1. The molecule has 0 N–H and O–H groups in total. The fraction of sp³-hybridized carbons (Fsp3) is 0.400. The molecule has 0 aromatic heterocycles. The van der Waals surface area contributed by atoms with Gasteiger partial charge in [-0.2, -0.15) is 8.78 Å². The van der Waals surface area contributed by atoms with Gasteiger partial charge in [0.2, 0.25) is 0 Å². The van der Waals surface area contributed by atoms with Crippen molar-refractivity contribution >= 4 is 11.6 Å². The van der Waals surface area contributed by atoms with Crippen molar-refractivity contribution in [3.63, 3.8) is 0 Å². The third-order valence-electron chi connectivity index (χ3n) is 1.81. The second-order valence-corrected chi connectivity index (χ2v) is 3.31. The Bertz CT molecular complexity index is 318. The molecule has 0 radical (unpaired) electrons. The predicted molar refractivity (Wildman–Crippen MR) is 52.1 cm³/mol. The zero-order valence-corrected chi connectivity index (χ0v) is 8.61. The largest absolute Gasteiger partial charge is 0.432 e. The predicted octanol–water partition coefficient (Wildman–Crippen LogP) is 3.60. The number of alkyl halides is 3. The third-order valence-corrected chi connectivity index (χ3v) is 2.08. The van der Waals surface area contributed by atoms with Gasteiger partial charge in [-0.1, -0.05) is 6.07 Å². The lowest BCUT2D eigenvalue weighted by molar-refractivity contribution is -0.0522. The highest BCUT2D eigenvalue weighted by atomic mass is 35.5. The highest BCUT2D eigenvalue weighted by Gasteiger charge is 2.09. The highest BCUT2D eigenvalue weighted by Crippen LogP contribution is 2.21. The molecule has 0 bridgehead atoms. The molecule has 0 spiro atoms. The topological polar surface area (TPSA) is 9.23 Å². The van der Waals surface area contributed by atoms with Crippen LogP contribution in [0.5, 0.6) is 5.75 Å². The van der Waals surface area contributed by atoms with Crippen molar-refractivity contribution in [3.05, 3.63) is 29.6 Å². The number of hydrogen-bond donors (Lipinski definition) is 0. The lowest BCUT2D eigenvalue weighted by Crippen LogP contribution is -2.04. The number of hydrogen-bond acceptors (Lipinski definition) is 1. The van der Waals surface area contributed by atoms with Gasteiger partial charge in [0.15, 0.2) is 11.6 Å². The minimum absolute atomic E-state index is 0.431. The number of benzene rings is 1. The van der Waals surface area contributed by atoms with Gasteiger partial charge in [-0.25, -0.2) is 4.39 Å². The maximum atomic E-state index is 13.1. The third kappa shape index (κ3) is 4.00. The second kappa shape index (κ2) is 5.85. The van der Waals surface area contributed by atoms with E-state index in [1.165, 1.54) is 12.1 Å². The molecule has 15 heavy (non-hydrogen) atoms. The van der Waals surface area contributed by atoms with E-state index >= 15 is 0 Å². The molecule has 1 nitrogen and oxygen atoms in total. The molecule has 0 amide bonds. The Kier molecular flexibility index (Phi) is 4.75. The van der Waals surface area contributed by atoms with Crippen LogP contribution in [0.4, 0.5) is 13.2 Å². The molecule has 0 aliphatic heterocycles. The summed E-state index contributed by atoms with van der Waals surface area (Å²) in [6, 6.07) is 3.93. The first-order valence-electron chi connectivity index (χ1n) is 4.42. The summed E-state index contributed by atoms with van der Waals surface area (Å²) in [6.07, 6.45) is 1.34. The average Bonchev–Trinajstić information content (AvgIpc) is 2.18. The van der Waals surface area contributed by atoms with Gasteiger partial charge in [-0.15, -0.1) is 11.6 Å². The molecule has 0 heterocycles. The summed E-state index contributed by atoms with van der Waals surface area (Å²) < 4.78 is 40.7. The van der Waals surface area contributed by atoms with Crippen LogP contribution in [-0.2, 0) is 6.42 Å². The molecule has 1 aromatic rings. The minimum atomic E-state index is -3.01. The summed E-state index contributed by atoms with van der Waals surface area (Å²) in [4.78, 5) is 0. The van der Waals surface area contributed by atoms with E-state index in [9.17, 15) is 13.2 Å². The molecular weight excluding hydrogens is 229 g/mol. The number of ether oxygens (including phenoxy) is 1.